The van der Waals surface area contributed by atoms with Crippen molar-refractivity contribution in [1.29, 1.82) is 0 Å². The summed E-state index contributed by atoms with van der Waals surface area (Å²) >= 11 is 0. The maximum absolute atomic E-state index is 12.1. The average molecular weight is 343 g/mol. The lowest BCUT2D eigenvalue weighted by Gasteiger charge is -2.18. The summed E-state index contributed by atoms with van der Waals surface area (Å²) in [5, 5.41) is 24.1. The van der Waals surface area contributed by atoms with E-state index in [1.54, 1.807) is 12.1 Å². The molecule has 1 amide bonds. The molecule has 9 heteroatoms. The summed E-state index contributed by atoms with van der Waals surface area (Å²) in [6, 6.07) is 8.21. The molecule has 0 bridgehead atoms. The molecule has 3 rings (SSSR count). The predicted molar refractivity (Wildman–Crippen MR) is 87.3 cm³/mol. The summed E-state index contributed by atoms with van der Waals surface area (Å²) < 4.78 is 10.8. The minimum Gasteiger partial charge on any atom is -0.507 e. The van der Waals surface area contributed by atoms with Gasteiger partial charge in [0.25, 0.3) is 11.6 Å². The van der Waals surface area contributed by atoms with Gasteiger partial charge in [-0.05, 0) is 24.3 Å². The molecule has 0 aliphatic carbocycles. The Kier molecular flexibility index (Phi) is 4.46. The number of phenols is 1. The van der Waals surface area contributed by atoms with Gasteiger partial charge in [-0.1, -0.05) is 0 Å². The number of rotatable bonds is 4. The SMILES string of the molecule is O=C(N/N=C\c1cc([N+](=O)[O-])ccc1O)c1ccc2c(c1)OCCO2. The molecule has 0 spiro atoms. The topological polar surface area (TPSA) is 123 Å². The Labute approximate surface area is 141 Å². The van der Waals surface area contributed by atoms with Crippen molar-refractivity contribution in [1.82, 2.24) is 5.43 Å². The standard InChI is InChI=1S/C16H13N3O6/c20-13-3-2-12(19(22)23)7-11(13)9-17-18-16(21)10-1-4-14-15(8-10)25-6-5-24-14/h1-4,7-9,20H,5-6H2,(H,18,21)/b17-9-. The van der Waals surface area contributed by atoms with Gasteiger partial charge in [0.2, 0.25) is 0 Å². The van der Waals surface area contributed by atoms with Crippen LogP contribution in [-0.2, 0) is 0 Å². The molecule has 1 heterocycles. The van der Waals surface area contributed by atoms with Crippen molar-refractivity contribution in [2.45, 2.75) is 0 Å². The maximum Gasteiger partial charge on any atom is 0.271 e. The van der Waals surface area contributed by atoms with Crippen molar-refractivity contribution >= 4 is 17.8 Å². The number of aromatic hydroxyl groups is 1. The lowest BCUT2D eigenvalue weighted by Crippen LogP contribution is -2.19. The fraction of sp³-hybridized carbons (Fsp3) is 0.125. The van der Waals surface area contributed by atoms with Crippen LogP contribution in [0.1, 0.15) is 15.9 Å². The molecular formula is C16H13N3O6. The summed E-state index contributed by atoms with van der Waals surface area (Å²) in [7, 11) is 0. The van der Waals surface area contributed by atoms with E-state index in [0.29, 0.717) is 30.3 Å². The van der Waals surface area contributed by atoms with Gasteiger partial charge in [0, 0.05) is 23.3 Å². The van der Waals surface area contributed by atoms with Gasteiger partial charge >= 0.3 is 0 Å². The average Bonchev–Trinajstić information content (AvgIpc) is 2.62. The molecule has 2 N–H and O–H groups in total. The van der Waals surface area contributed by atoms with E-state index in [0.717, 1.165) is 12.3 Å². The summed E-state index contributed by atoms with van der Waals surface area (Å²) in [6.45, 7) is 0.859. The molecule has 0 atom stereocenters. The van der Waals surface area contributed by atoms with E-state index in [4.69, 9.17) is 9.47 Å². The number of carbonyl (C=O) groups is 1. The number of hydrazone groups is 1. The maximum atomic E-state index is 12.1. The van der Waals surface area contributed by atoms with Crippen LogP contribution >= 0.6 is 0 Å². The van der Waals surface area contributed by atoms with Crippen molar-refractivity contribution in [2.75, 3.05) is 13.2 Å². The van der Waals surface area contributed by atoms with Gasteiger partial charge in [-0.3, -0.25) is 14.9 Å². The van der Waals surface area contributed by atoms with E-state index < -0.39 is 10.8 Å². The molecule has 0 saturated heterocycles. The molecule has 2 aromatic carbocycles. The van der Waals surface area contributed by atoms with Crippen LogP contribution in [-0.4, -0.2) is 35.4 Å². The van der Waals surface area contributed by atoms with E-state index >= 15 is 0 Å². The Morgan fingerprint density at radius 1 is 1.20 bits per heavy atom. The smallest absolute Gasteiger partial charge is 0.271 e. The molecule has 0 fully saturated rings. The van der Waals surface area contributed by atoms with E-state index in [1.807, 2.05) is 0 Å². The van der Waals surface area contributed by atoms with Gasteiger partial charge in [-0.25, -0.2) is 5.43 Å². The molecule has 0 radical (unpaired) electrons. The highest BCUT2D eigenvalue weighted by atomic mass is 16.6. The highest BCUT2D eigenvalue weighted by Gasteiger charge is 2.14. The van der Waals surface area contributed by atoms with Crippen LogP contribution in [0.5, 0.6) is 17.2 Å². The number of hydrogen-bond donors (Lipinski definition) is 2. The zero-order chi connectivity index (χ0) is 17.8. The van der Waals surface area contributed by atoms with Crippen molar-refractivity contribution in [3.63, 3.8) is 0 Å². The van der Waals surface area contributed by atoms with Gasteiger partial charge in [-0.2, -0.15) is 5.10 Å². The van der Waals surface area contributed by atoms with Gasteiger partial charge in [-0.15, -0.1) is 0 Å². The van der Waals surface area contributed by atoms with Crippen LogP contribution in [0.4, 0.5) is 5.69 Å². The molecule has 1 aliphatic rings. The number of hydrogen-bond acceptors (Lipinski definition) is 7. The molecule has 0 saturated carbocycles. The first kappa shape index (κ1) is 16.2. The number of benzene rings is 2. The number of amides is 1. The monoisotopic (exact) mass is 343 g/mol. The third kappa shape index (κ3) is 3.66. The molecule has 128 valence electrons. The van der Waals surface area contributed by atoms with Crippen LogP contribution in [0.25, 0.3) is 0 Å². The number of nitrogens with one attached hydrogen (secondary N) is 1. The largest absolute Gasteiger partial charge is 0.507 e. The number of nitrogens with zero attached hydrogens (tertiary/aromatic N) is 2. The molecule has 25 heavy (non-hydrogen) atoms. The zero-order valence-electron chi connectivity index (χ0n) is 12.8. The minimum atomic E-state index is -0.593. The highest BCUT2D eigenvalue weighted by Crippen LogP contribution is 2.30. The van der Waals surface area contributed by atoms with Gasteiger partial charge < -0.3 is 14.6 Å². The lowest BCUT2D eigenvalue weighted by atomic mass is 10.2. The second-order valence-corrected chi connectivity index (χ2v) is 5.06. The van der Waals surface area contributed by atoms with Crippen molar-refractivity contribution in [3.8, 4) is 17.2 Å². The number of carbonyl (C=O) groups excluding carboxylic acids is 1. The first-order valence-corrected chi connectivity index (χ1v) is 7.25. The van der Waals surface area contributed by atoms with Crippen LogP contribution in [0, 0.1) is 10.1 Å². The zero-order valence-corrected chi connectivity index (χ0v) is 12.8. The third-order valence-electron chi connectivity index (χ3n) is 3.40. The first-order valence-electron chi connectivity index (χ1n) is 7.25. The van der Waals surface area contributed by atoms with Crippen LogP contribution in [0.3, 0.4) is 0 Å². The fourth-order valence-electron chi connectivity index (χ4n) is 2.17. The van der Waals surface area contributed by atoms with E-state index in [-0.39, 0.29) is 17.0 Å². The number of ether oxygens (including phenoxy) is 2. The summed E-state index contributed by atoms with van der Waals surface area (Å²) in [4.78, 5) is 22.2. The molecule has 1 aliphatic heterocycles. The minimum absolute atomic E-state index is 0.108. The normalized spacial score (nSPS) is 12.8. The number of phenolic OH excluding ortho intramolecular Hbond substituents is 1. The Bertz CT molecular complexity index is 865. The summed E-state index contributed by atoms with van der Waals surface area (Å²) in [5.41, 5.74) is 2.50. The molecule has 0 aromatic heterocycles. The number of fused-ring (bicyclic) bond motifs is 1. The van der Waals surface area contributed by atoms with Crippen molar-refractivity contribution in [3.05, 3.63) is 57.6 Å². The molecule has 2 aromatic rings. The highest BCUT2D eigenvalue weighted by molar-refractivity contribution is 5.95. The second kappa shape index (κ2) is 6.87. The van der Waals surface area contributed by atoms with Crippen LogP contribution in [0.2, 0.25) is 0 Å². The van der Waals surface area contributed by atoms with Crippen molar-refractivity contribution < 1.29 is 24.3 Å². The van der Waals surface area contributed by atoms with Crippen molar-refractivity contribution in [2.24, 2.45) is 5.10 Å². The Morgan fingerprint density at radius 2 is 1.96 bits per heavy atom. The fourth-order valence-corrected chi connectivity index (χ4v) is 2.17. The lowest BCUT2D eigenvalue weighted by molar-refractivity contribution is -0.384. The quantitative estimate of drug-likeness (QED) is 0.496. The molecular weight excluding hydrogens is 330 g/mol. The Balaban J connectivity index is 1.71. The molecule has 0 unspecified atom stereocenters. The summed E-state index contributed by atoms with van der Waals surface area (Å²) in [6.07, 6.45) is 1.12. The third-order valence-corrected chi connectivity index (χ3v) is 3.40. The Morgan fingerprint density at radius 3 is 2.72 bits per heavy atom. The summed E-state index contributed by atoms with van der Waals surface area (Å²) in [5.74, 6) is 0.341. The first-order chi connectivity index (χ1) is 12.0. The molecule has 9 nitrogen and oxygen atoms in total. The second-order valence-electron chi connectivity index (χ2n) is 5.06. The van der Waals surface area contributed by atoms with Crippen LogP contribution in [0.15, 0.2) is 41.5 Å². The van der Waals surface area contributed by atoms with Gasteiger partial charge in [0.1, 0.15) is 19.0 Å². The van der Waals surface area contributed by atoms with E-state index in [9.17, 15) is 20.0 Å². The predicted octanol–water partition coefficient (Wildman–Crippen LogP) is 1.84. The Hall–Kier alpha value is -3.62. The van der Waals surface area contributed by atoms with E-state index in [1.165, 1.54) is 18.2 Å². The van der Waals surface area contributed by atoms with E-state index in [2.05, 4.69) is 10.5 Å². The van der Waals surface area contributed by atoms with Gasteiger partial charge in [0.15, 0.2) is 11.5 Å². The van der Waals surface area contributed by atoms with Gasteiger partial charge in [0.05, 0.1) is 11.1 Å². The van der Waals surface area contributed by atoms with Crippen LogP contribution < -0.4 is 14.9 Å². The number of non-ortho nitro benzene ring substituents is 1. The number of nitro benzene ring substituents is 1. The number of nitro groups is 1.